The van der Waals surface area contributed by atoms with Crippen molar-refractivity contribution in [2.24, 2.45) is 17.8 Å². The topological polar surface area (TPSA) is 33.4 Å². The van der Waals surface area contributed by atoms with Crippen molar-refractivity contribution >= 4 is 22.6 Å². The third-order valence-corrected chi connectivity index (χ3v) is 4.83. The minimum absolute atomic E-state index is 0.369. The molecule has 0 amide bonds. The summed E-state index contributed by atoms with van der Waals surface area (Å²) in [5.41, 5.74) is 0.691. The summed E-state index contributed by atoms with van der Waals surface area (Å²) in [6.45, 7) is 0. The number of furan rings is 1. The smallest absolute Gasteiger partial charge is 0.152 e. The molecular formula is C15H15ClO2. The molecule has 4 rings (SSSR count). The molecule has 2 saturated carbocycles. The van der Waals surface area contributed by atoms with Gasteiger partial charge in [0.1, 0.15) is 11.9 Å². The Kier molecular flexibility index (Phi) is 2.27. The number of fused-ring (bicyclic) bond motifs is 2. The molecule has 1 heterocycles. The quantitative estimate of drug-likeness (QED) is 0.881. The van der Waals surface area contributed by atoms with Crippen LogP contribution in [0.1, 0.15) is 31.1 Å². The zero-order chi connectivity index (χ0) is 12.3. The van der Waals surface area contributed by atoms with Crippen LogP contribution in [-0.2, 0) is 0 Å². The van der Waals surface area contributed by atoms with E-state index in [2.05, 4.69) is 0 Å². The predicted molar refractivity (Wildman–Crippen MR) is 70.5 cm³/mol. The van der Waals surface area contributed by atoms with E-state index in [1.165, 1.54) is 6.42 Å². The van der Waals surface area contributed by atoms with E-state index >= 15 is 0 Å². The molecule has 2 aliphatic carbocycles. The van der Waals surface area contributed by atoms with E-state index in [9.17, 15) is 5.11 Å². The lowest BCUT2D eigenvalue weighted by atomic mass is 9.95. The van der Waals surface area contributed by atoms with Crippen LogP contribution in [-0.4, -0.2) is 5.11 Å². The number of aliphatic hydroxyl groups excluding tert-OH is 1. The molecule has 0 saturated heterocycles. The van der Waals surface area contributed by atoms with Crippen molar-refractivity contribution in [1.29, 1.82) is 0 Å². The van der Waals surface area contributed by atoms with Gasteiger partial charge < -0.3 is 9.52 Å². The Morgan fingerprint density at radius 1 is 1.22 bits per heavy atom. The number of para-hydroxylation sites is 1. The van der Waals surface area contributed by atoms with E-state index in [-0.39, 0.29) is 0 Å². The van der Waals surface area contributed by atoms with Gasteiger partial charge in [-0.3, -0.25) is 0 Å². The van der Waals surface area contributed by atoms with Crippen LogP contribution in [0.15, 0.2) is 28.7 Å². The molecule has 2 fully saturated rings. The Morgan fingerprint density at radius 2 is 2.00 bits per heavy atom. The zero-order valence-electron chi connectivity index (χ0n) is 9.97. The number of aliphatic hydroxyl groups is 1. The summed E-state index contributed by atoms with van der Waals surface area (Å²) < 4.78 is 5.74. The molecule has 1 aromatic heterocycles. The maximum absolute atomic E-state index is 10.4. The van der Waals surface area contributed by atoms with Crippen molar-refractivity contribution in [3.63, 3.8) is 0 Å². The van der Waals surface area contributed by atoms with Gasteiger partial charge in [-0.1, -0.05) is 23.7 Å². The first-order valence-corrected chi connectivity index (χ1v) is 6.96. The van der Waals surface area contributed by atoms with Gasteiger partial charge in [-0.15, -0.1) is 0 Å². The van der Waals surface area contributed by atoms with Gasteiger partial charge in [0, 0.05) is 5.39 Å². The van der Waals surface area contributed by atoms with Crippen molar-refractivity contribution in [3.8, 4) is 0 Å². The number of benzene rings is 1. The van der Waals surface area contributed by atoms with Crippen molar-refractivity contribution < 1.29 is 9.52 Å². The van der Waals surface area contributed by atoms with E-state index in [1.807, 2.05) is 24.3 Å². The molecule has 2 aliphatic rings. The van der Waals surface area contributed by atoms with Crippen LogP contribution in [0.3, 0.4) is 0 Å². The Labute approximate surface area is 111 Å². The number of hydrogen-bond acceptors (Lipinski definition) is 2. The Hall–Kier alpha value is -0.990. The normalized spacial score (nSPS) is 31.6. The Morgan fingerprint density at radius 3 is 2.72 bits per heavy atom. The summed E-state index contributed by atoms with van der Waals surface area (Å²) in [6, 6.07) is 7.61. The lowest BCUT2D eigenvalue weighted by Gasteiger charge is -2.16. The molecule has 1 N–H and O–H groups in total. The van der Waals surface area contributed by atoms with Crippen LogP contribution < -0.4 is 0 Å². The van der Waals surface area contributed by atoms with Crippen LogP contribution in [0.5, 0.6) is 0 Å². The Bertz CT molecular complexity index is 594. The van der Waals surface area contributed by atoms with Gasteiger partial charge in [-0.2, -0.15) is 0 Å². The van der Waals surface area contributed by atoms with Crippen LogP contribution in [0.25, 0.3) is 11.0 Å². The van der Waals surface area contributed by atoms with Gasteiger partial charge in [0.05, 0.1) is 5.02 Å². The molecule has 3 heteroatoms. The number of hydrogen-bond donors (Lipinski definition) is 1. The second kappa shape index (κ2) is 3.75. The SMILES string of the molecule is OC(c1cc2cccc(Cl)c2o1)C1CC2CC2C1. The first-order valence-electron chi connectivity index (χ1n) is 6.58. The average Bonchev–Trinajstić information content (AvgIpc) is 2.80. The lowest BCUT2D eigenvalue weighted by Crippen LogP contribution is -2.09. The third kappa shape index (κ3) is 1.59. The number of halogens is 1. The zero-order valence-corrected chi connectivity index (χ0v) is 10.7. The molecule has 3 unspecified atom stereocenters. The van der Waals surface area contributed by atoms with Gasteiger partial charge in [-0.05, 0) is 49.1 Å². The van der Waals surface area contributed by atoms with Crippen molar-refractivity contribution in [2.45, 2.75) is 25.4 Å². The monoisotopic (exact) mass is 262 g/mol. The molecule has 2 aromatic rings. The highest BCUT2D eigenvalue weighted by atomic mass is 35.5. The second-order valence-electron chi connectivity index (χ2n) is 5.74. The summed E-state index contributed by atoms with van der Waals surface area (Å²) >= 11 is 6.09. The van der Waals surface area contributed by atoms with Crippen LogP contribution in [0.4, 0.5) is 0 Å². The fourth-order valence-corrected chi connectivity index (χ4v) is 3.67. The molecule has 0 spiro atoms. The molecule has 0 bridgehead atoms. The summed E-state index contributed by atoms with van der Waals surface area (Å²) in [5.74, 6) is 2.78. The van der Waals surface area contributed by atoms with Crippen molar-refractivity contribution in [3.05, 3.63) is 35.0 Å². The molecule has 0 aliphatic heterocycles. The summed E-state index contributed by atoms with van der Waals surface area (Å²) in [5, 5.41) is 12.0. The standard InChI is InChI=1S/C15H15ClO2/c16-12-3-1-2-8-7-13(18-15(8)12)14(17)11-5-9-4-10(9)6-11/h1-3,7,9-11,14,17H,4-6H2. The van der Waals surface area contributed by atoms with E-state index in [0.717, 1.165) is 30.1 Å². The van der Waals surface area contributed by atoms with Crippen molar-refractivity contribution in [1.82, 2.24) is 0 Å². The first kappa shape index (κ1) is 10.9. The highest BCUT2D eigenvalue weighted by Crippen LogP contribution is 2.57. The minimum Gasteiger partial charge on any atom is -0.457 e. The van der Waals surface area contributed by atoms with Crippen LogP contribution in [0.2, 0.25) is 5.02 Å². The largest absolute Gasteiger partial charge is 0.457 e. The maximum atomic E-state index is 10.4. The maximum Gasteiger partial charge on any atom is 0.152 e. The molecule has 18 heavy (non-hydrogen) atoms. The van der Waals surface area contributed by atoms with Gasteiger partial charge in [0.25, 0.3) is 0 Å². The average molecular weight is 263 g/mol. The summed E-state index contributed by atoms with van der Waals surface area (Å²) in [6.07, 6.45) is 3.20. The van der Waals surface area contributed by atoms with E-state index < -0.39 is 6.10 Å². The highest BCUT2D eigenvalue weighted by Gasteiger charge is 2.48. The van der Waals surface area contributed by atoms with Gasteiger partial charge in [-0.25, -0.2) is 0 Å². The van der Waals surface area contributed by atoms with E-state index in [0.29, 0.717) is 22.3 Å². The van der Waals surface area contributed by atoms with Crippen LogP contribution in [0, 0.1) is 17.8 Å². The highest BCUT2D eigenvalue weighted by molar-refractivity contribution is 6.34. The summed E-state index contributed by atoms with van der Waals surface area (Å²) in [4.78, 5) is 0. The fourth-order valence-electron chi connectivity index (χ4n) is 3.44. The van der Waals surface area contributed by atoms with Gasteiger partial charge in [0.2, 0.25) is 0 Å². The molecule has 94 valence electrons. The fraction of sp³-hybridized carbons (Fsp3) is 0.467. The van der Waals surface area contributed by atoms with Gasteiger partial charge in [0.15, 0.2) is 5.58 Å². The molecular weight excluding hydrogens is 248 g/mol. The van der Waals surface area contributed by atoms with E-state index in [1.54, 1.807) is 0 Å². The third-order valence-electron chi connectivity index (χ3n) is 4.53. The predicted octanol–water partition coefficient (Wildman–Crippen LogP) is 4.17. The number of rotatable bonds is 2. The lowest BCUT2D eigenvalue weighted by molar-refractivity contribution is 0.0841. The minimum atomic E-state index is -0.471. The van der Waals surface area contributed by atoms with Gasteiger partial charge >= 0.3 is 0 Å². The van der Waals surface area contributed by atoms with E-state index in [4.69, 9.17) is 16.0 Å². The Balaban J connectivity index is 1.67. The van der Waals surface area contributed by atoms with Crippen LogP contribution >= 0.6 is 11.6 Å². The molecule has 1 aromatic carbocycles. The second-order valence-corrected chi connectivity index (χ2v) is 6.15. The van der Waals surface area contributed by atoms with Crippen molar-refractivity contribution in [2.75, 3.05) is 0 Å². The first-order chi connectivity index (χ1) is 8.72. The molecule has 0 radical (unpaired) electrons. The summed E-state index contributed by atoms with van der Waals surface area (Å²) in [7, 11) is 0. The molecule has 3 atom stereocenters. The molecule has 2 nitrogen and oxygen atoms in total.